The van der Waals surface area contributed by atoms with Gasteiger partial charge in [0.25, 0.3) is 5.09 Å². The molecule has 0 saturated carbocycles. The highest BCUT2D eigenvalue weighted by atomic mass is 16.9. The SMILES string of the molecule is CONOC.O=[N+]([O-])O.c1cc2ccc1CC2. The molecule has 2 aliphatic rings. The Balaban J connectivity index is 0.000000250. The van der Waals surface area contributed by atoms with Crippen LogP contribution in [0.2, 0.25) is 0 Å². The first kappa shape index (κ1) is 15.3. The van der Waals surface area contributed by atoms with Crippen LogP contribution in [0.4, 0.5) is 0 Å². The van der Waals surface area contributed by atoms with Crippen LogP contribution in [0.15, 0.2) is 24.3 Å². The van der Waals surface area contributed by atoms with Crippen LogP contribution in [-0.4, -0.2) is 24.5 Å². The predicted molar refractivity (Wildman–Crippen MR) is 59.8 cm³/mol. The van der Waals surface area contributed by atoms with Gasteiger partial charge in [0.05, 0.1) is 14.2 Å². The van der Waals surface area contributed by atoms with Crippen molar-refractivity contribution in [3.05, 3.63) is 45.5 Å². The summed E-state index contributed by atoms with van der Waals surface area (Å²) in [6.07, 6.45) is 2.53. The monoisotopic (exact) mass is 244 g/mol. The maximum Gasteiger partial charge on any atom is 0.291 e. The van der Waals surface area contributed by atoms with Crippen LogP contribution in [-0.2, 0) is 22.5 Å². The summed E-state index contributed by atoms with van der Waals surface area (Å²) in [6.45, 7) is 0. The lowest BCUT2D eigenvalue weighted by molar-refractivity contribution is -0.742. The van der Waals surface area contributed by atoms with Crippen LogP contribution in [0.5, 0.6) is 0 Å². The van der Waals surface area contributed by atoms with Gasteiger partial charge in [-0.25, -0.2) is 0 Å². The molecule has 0 aliphatic heterocycles. The Hall–Kier alpha value is -1.70. The van der Waals surface area contributed by atoms with Gasteiger partial charge in [-0.2, -0.15) is 0 Å². The van der Waals surface area contributed by atoms with Gasteiger partial charge < -0.3 is 5.21 Å². The third kappa shape index (κ3) is 9.24. The zero-order valence-corrected chi connectivity index (χ0v) is 9.75. The lowest BCUT2D eigenvalue weighted by atomic mass is 9.97. The lowest BCUT2D eigenvalue weighted by Crippen LogP contribution is -2.07. The van der Waals surface area contributed by atoms with Gasteiger partial charge in [-0.3, -0.25) is 9.68 Å². The van der Waals surface area contributed by atoms with Gasteiger partial charge in [0.2, 0.25) is 0 Å². The van der Waals surface area contributed by atoms with Crippen LogP contribution in [0, 0.1) is 10.1 Å². The molecule has 0 saturated heterocycles. The molecule has 0 heterocycles. The molecule has 7 heteroatoms. The number of benzene rings is 1. The van der Waals surface area contributed by atoms with Crippen LogP contribution >= 0.6 is 0 Å². The number of fused-ring (bicyclic) bond motifs is 3. The summed E-state index contributed by atoms with van der Waals surface area (Å²) in [5, 5.41) is 13.6. The minimum absolute atomic E-state index is 1.27. The number of hydrogen-bond acceptors (Lipinski definition) is 5. The van der Waals surface area contributed by atoms with E-state index in [-0.39, 0.29) is 0 Å². The minimum atomic E-state index is -1.50. The van der Waals surface area contributed by atoms with Crippen LogP contribution < -0.4 is 5.64 Å². The van der Waals surface area contributed by atoms with E-state index in [4.69, 9.17) is 15.3 Å². The second-order valence-electron chi connectivity index (χ2n) is 3.05. The second-order valence-corrected chi connectivity index (χ2v) is 3.05. The van der Waals surface area contributed by atoms with Crippen molar-refractivity contribution >= 4 is 0 Å². The molecule has 0 aromatic heterocycles. The summed E-state index contributed by atoms with van der Waals surface area (Å²) < 4.78 is 0. The Bertz CT molecular complexity index is 286. The molecule has 0 radical (unpaired) electrons. The largest absolute Gasteiger partial charge is 0.328 e. The van der Waals surface area contributed by atoms with Gasteiger partial charge in [-0.1, -0.05) is 29.9 Å². The van der Waals surface area contributed by atoms with E-state index in [1.54, 1.807) is 0 Å². The normalized spacial score (nSPS) is 10.7. The Kier molecular flexibility index (Phi) is 8.57. The van der Waals surface area contributed by atoms with Crippen molar-refractivity contribution in [2.24, 2.45) is 0 Å². The summed E-state index contributed by atoms with van der Waals surface area (Å²) in [6, 6.07) is 8.83. The highest BCUT2D eigenvalue weighted by Crippen LogP contribution is 2.14. The molecule has 0 unspecified atom stereocenters. The fourth-order valence-electron chi connectivity index (χ4n) is 1.24. The van der Waals surface area contributed by atoms with Crippen LogP contribution in [0.3, 0.4) is 0 Å². The van der Waals surface area contributed by atoms with E-state index in [1.807, 2.05) is 0 Å². The number of rotatable bonds is 2. The first-order chi connectivity index (χ1) is 8.10. The van der Waals surface area contributed by atoms with Crippen molar-refractivity contribution in [3.8, 4) is 0 Å². The summed E-state index contributed by atoms with van der Waals surface area (Å²) in [7, 11) is 2.95. The molecule has 2 N–H and O–H groups in total. The molecule has 3 rings (SSSR count). The van der Waals surface area contributed by atoms with Gasteiger partial charge in [-0.15, -0.1) is 10.1 Å². The minimum Gasteiger partial charge on any atom is -0.328 e. The predicted octanol–water partition coefficient (Wildman–Crippen LogP) is 1.14. The second kappa shape index (κ2) is 9.52. The average Bonchev–Trinajstić information content (AvgIpc) is 2.33. The third-order valence-corrected chi connectivity index (χ3v) is 1.89. The standard InChI is InChI=1S/C8H8.C2H7NO2.HNO3/c1-2-8-5-3-7(1)4-6-8;1-4-3-5-2;2-1(3)4/h1-3,5H,4,6H2;3H,1-2H3;(H,2,3,4). The van der Waals surface area contributed by atoms with E-state index in [0.717, 1.165) is 0 Å². The van der Waals surface area contributed by atoms with Crippen molar-refractivity contribution in [1.29, 1.82) is 0 Å². The molecule has 7 nitrogen and oxygen atoms in total. The van der Waals surface area contributed by atoms with Crippen LogP contribution in [0.1, 0.15) is 11.1 Å². The maximum atomic E-state index is 8.36. The molecule has 0 amide bonds. The van der Waals surface area contributed by atoms with Crippen molar-refractivity contribution in [2.45, 2.75) is 12.8 Å². The summed E-state index contributed by atoms with van der Waals surface area (Å²) in [5.41, 5.74) is 5.08. The first-order valence-electron chi connectivity index (χ1n) is 4.82. The zero-order chi connectivity index (χ0) is 13.1. The molecule has 17 heavy (non-hydrogen) atoms. The summed E-state index contributed by atoms with van der Waals surface area (Å²) in [5.74, 6) is 0. The summed E-state index contributed by atoms with van der Waals surface area (Å²) >= 11 is 0. The van der Waals surface area contributed by atoms with Crippen molar-refractivity contribution < 1.29 is 20.0 Å². The van der Waals surface area contributed by atoms with Gasteiger partial charge in [0.1, 0.15) is 0 Å². The molecule has 0 atom stereocenters. The van der Waals surface area contributed by atoms with Crippen LogP contribution in [0.25, 0.3) is 0 Å². The molecular weight excluding hydrogens is 228 g/mol. The fraction of sp³-hybridized carbons (Fsp3) is 0.400. The fourth-order valence-corrected chi connectivity index (χ4v) is 1.24. The smallest absolute Gasteiger partial charge is 0.291 e. The molecule has 1 aromatic carbocycles. The van der Waals surface area contributed by atoms with Crippen molar-refractivity contribution in [1.82, 2.24) is 5.64 Å². The number of hydrogen-bond donors (Lipinski definition) is 2. The molecule has 2 bridgehead atoms. The number of nitrogens with zero attached hydrogens (tertiary/aromatic N) is 1. The van der Waals surface area contributed by atoms with Crippen molar-refractivity contribution in [2.75, 3.05) is 14.2 Å². The van der Waals surface area contributed by atoms with E-state index in [1.165, 1.54) is 38.2 Å². The topological polar surface area (TPSA) is 93.9 Å². The maximum absolute atomic E-state index is 8.36. The quantitative estimate of drug-likeness (QED) is 0.598. The first-order valence-corrected chi connectivity index (χ1v) is 4.82. The zero-order valence-electron chi connectivity index (χ0n) is 9.75. The Morgan fingerprint density at radius 2 is 1.47 bits per heavy atom. The van der Waals surface area contributed by atoms with E-state index in [9.17, 15) is 0 Å². The molecule has 2 aliphatic carbocycles. The van der Waals surface area contributed by atoms with E-state index < -0.39 is 5.09 Å². The Morgan fingerprint density at radius 3 is 1.53 bits per heavy atom. The number of nitrogens with one attached hydrogen (secondary N) is 1. The van der Waals surface area contributed by atoms with Gasteiger partial charge in [0, 0.05) is 0 Å². The van der Waals surface area contributed by atoms with E-state index >= 15 is 0 Å². The highest BCUT2D eigenvalue weighted by Gasteiger charge is 2.01. The lowest BCUT2D eigenvalue weighted by Gasteiger charge is -2.09. The van der Waals surface area contributed by atoms with Crippen molar-refractivity contribution in [3.63, 3.8) is 0 Å². The molecule has 1 aromatic rings. The van der Waals surface area contributed by atoms with Gasteiger partial charge in [-0.05, 0) is 24.0 Å². The van der Waals surface area contributed by atoms with E-state index in [2.05, 4.69) is 39.6 Å². The molecule has 0 fully saturated rings. The Morgan fingerprint density at radius 1 is 1.18 bits per heavy atom. The average molecular weight is 244 g/mol. The molecular formula is C10H16N2O5. The van der Waals surface area contributed by atoms with E-state index in [0.29, 0.717) is 0 Å². The van der Waals surface area contributed by atoms with Gasteiger partial charge >= 0.3 is 0 Å². The highest BCUT2D eigenvalue weighted by molar-refractivity contribution is 5.28. The Labute approximate surface area is 99.0 Å². The number of aryl methyl sites for hydroxylation is 2. The van der Waals surface area contributed by atoms with Gasteiger partial charge in [0.15, 0.2) is 0 Å². The third-order valence-electron chi connectivity index (χ3n) is 1.89. The molecule has 96 valence electrons. The molecule has 0 spiro atoms. The summed E-state index contributed by atoms with van der Waals surface area (Å²) in [4.78, 5) is 16.8.